The Balaban J connectivity index is 2.97. The number of hydrogen-bond donors (Lipinski definition) is 0. The number of unbranched alkanes of at least 4 members (excludes halogenated alkanes) is 25. The molecule has 0 rings (SSSR count). The zero-order valence-electron chi connectivity index (χ0n) is 21.5. The summed E-state index contributed by atoms with van der Waals surface area (Å²) in [5.74, 6) is 0. The molecule has 0 aromatic rings. The number of ether oxygens (including phenoxy) is 1. The Bertz CT molecular complexity index is 248. The summed E-state index contributed by atoms with van der Waals surface area (Å²) in [4.78, 5) is 0. The van der Waals surface area contributed by atoms with Gasteiger partial charge in [-0.05, 0) is 6.42 Å². The van der Waals surface area contributed by atoms with E-state index in [0.29, 0.717) is 0 Å². The summed E-state index contributed by atoms with van der Waals surface area (Å²) in [6, 6.07) is 0. The van der Waals surface area contributed by atoms with Crippen molar-refractivity contribution in [1.82, 2.24) is 0 Å². The Hall–Kier alpha value is -0.0400. The van der Waals surface area contributed by atoms with Crippen molar-refractivity contribution in [1.29, 1.82) is 0 Å². The summed E-state index contributed by atoms with van der Waals surface area (Å²) in [6.07, 6.45) is 37.9. The molecular weight excluding hydrogens is 364 g/mol. The van der Waals surface area contributed by atoms with Crippen LogP contribution in [0.25, 0.3) is 0 Å². The predicted octanol–water partition coefficient (Wildman–Crippen LogP) is 10.8. The highest BCUT2D eigenvalue weighted by Gasteiger charge is 1.96. The summed E-state index contributed by atoms with van der Waals surface area (Å²) < 4.78 is 5.10. The fraction of sp³-hybridized carbons (Fsp3) is 1.00. The predicted molar refractivity (Wildman–Crippen MR) is 138 cm³/mol. The molecular formula is C29H60O. The molecule has 0 aliphatic rings. The average Bonchev–Trinajstić information content (AvgIpc) is 2.76. The normalized spacial score (nSPS) is 11.4. The van der Waals surface area contributed by atoms with Crippen LogP contribution < -0.4 is 0 Å². The fourth-order valence-corrected chi connectivity index (χ4v) is 4.56. The molecule has 0 saturated carbocycles. The maximum absolute atomic E-state index is 5.10. The lowest BCUT2D eigenvalue weighted by Gasteiger charge is -2.04. The van der Waals surface area contributed by atoms with Crippen LogP contribution in [0.2, 0.25) is 0 Å². The molecule has 0 atom stereocenters. The number of hydrogen-bond acceptors (Lipinski definition) is 1. The van der Waals surface area contributed by atoms with E-state index in [0.717, 1.165) is 6.61 Å². The molecule has 0 amide bonds. The molecule has 0 fully saturated rings. The van der Waals surface area contributed by atoms with Gasteiger partial charge in [0.25, 0.3) is 0 Å². The van der Waals surface area contributed by atoms with E-state index in [2.05, 4.69) is 6.92 Å². The zero-order chi connectivity index (χ0) is 21.8. The smallest absolute Gasteiger partial charge is 0.0462 e. The van der Waals surface area contributed by atoms with Crippen LogP contribution in [0.15, 0.2) is 0 Å². The first-order valence-corrected chi connectivity index (χ1v) is 14.4. The van der Waals surface area contributed by atoms with Crippen molar-refractivity contribution in [3.05, 3.63) is 0 Å². The monoisotopic (exact) mass is 424 g/mol. The second-order valence-corrected chi connectivity index (χ2v) is 9.83. The van der Waals surface area contributed by atoms with Gasteiger partial charge >= 0.3 is 0 Å². The number of rotatable bonds is 27. The highest BCUT2D eigenvalue weighted by molar-refractivity contribution is 4.51. The Morgan fingerprint density at radius 2 is 0.500 bits per heavy atom. The molecule has 0 radical (unpaired) electrons. The van der Waals surface area contributed by atoms with Crippen molar-refractivity contribution in [2.24, 2.45) is 0 Å². The van der Waals surface area contributed by atoms with E-state index in [4.69, 9.17) is 4.74 Å². The standard InChI is InChI=1S/C29H60O/c1-3-4-5-6-7-8-9-10-11-12-13-14-15-16-17-18-19-20-21-22-23-24-25-26-27-28-29-30-2/h3-29H2,1-2H3. The molecule has 0 aromatic carbocycles. The first-order valence-electron chi connectivity index (χ1n) is 14.4. The van der Waals surface area contributed by atoms with Gasteiger partial charge in [0.15, 0.2) is 0 Å². The minimum Gasteiger partial charge on any atom is -0.385 e. The van der Waals surface area contributed by atoms with Crippen LogP contribution >= 0.6 is 0 Å². The van der Waals surface area contributed by atoms with Crippen LogP contribution in [-0.4, -0.2) is 13.7 Å². The molecule has 0 heterocycles. The van der Waals surface area contributed by atoms with Crippen LogP contribution in [-0.2, 0) is 4.74 Å². The second kappa shape index (κ2) is 29.0. The van der Waals surface area contributed by atoms with E-state index in [-0.39, 0.29) is 0 Å². The van der Waals surface area contributed by atoms with Crippen molar-refractivity contribution < 1.29 is 4.74 Å². The summed E-state index contributed by atoms with van der Waals surface area (Å²) in [6.45, 7) is 3.25. The van der Waals surface area contributed by atoms with E-state index in [1.165, 1.54) is 167 Å². The van der Waals surface area contributed by atoms with Gasteiger partial charge in [-0.25, -0.2) is 0 Å². The SMILES string of the molecule is CCCCCCCCCCCCCCCCCCCCCCCCCCCCOC. The summed E-state index contributed by atoms with van der Waals surface area (Å²) >= 11 is 0. The second-order valence-electron chi connectivity index (χ2n) is 9.83. The van der Waals surface area contributed by atoms with Gasteiger partial charge in [-0.2, -0.15) is 0 Å². The van der Waals surface area contributed by atoms with E-state index < -0.39 is 0 Å². The van der Waals surface area contributed by atoms with Gasteiger partial charge in [-0.15, -0.1) is 0 Å². The molecule has 1 heteroatoms. The topological polar surface area (TPSA) is 9.23 Å². The third-order valence-corrected chi connectivity index (χ3v) is 6.70. The zero-order valence-corrected chi connectivity index (χ0v) is 21.5. The van der Waals surface area contributed by atoms with Crippen molar-refractivity contribution in [3.63, 3.8) is 0 Å². The average molecular weight is 425 g/mol. The van der Waals surface area contributed by atoms with Crippen molar-refractivity contribution in [2.75, 3.05) is 13.7 Å². The van der Waals surface area contributed by atoms with E-state index in [1.54, 1.807) is 7.11 Å². The van der Waals surface area contributed by atoms with Gasteiger partial charge < -0.3 is 4.74 Å². The molecule has 0 aromatic heterocycles. The van der Waals surface area contributed by atoms with Crippen LogP contribution in [0.4, 0.5) is 0 Å². The first-order chi connectivity index (χ1) is 14.9. The minimum atomic E-state index is 0.944. The van der Waals surface area contributed by atoms with Crippen molar-refractivity contribution >= 4 is 0 Å². The quantitative estimate of drug-likeness (QED) is 0.119. The molecule has 0 spiro atoms. The lowest BCUT2D eigenvalue weighted by molar-refractivity contribution is 0.192. The Morgan fingerprint density at radius 1 is 0.300 bits per heavy atom. The molecule has 0 aliphatic carbocycles. The Kier molecular flexibility index (Phi) is 28.9. The third-order valence-electron chi connectivity index (χ3n) is 6.70. The largest absolute Gasteiger partial charge is 0.385 e. The van der Waals surface area contributed by atoms with E-state index in [9.17, 15) is 0 Å². The van der Waals surface area contributed by atoms with Crippen LogP contribution in [0.5, 0.6) is 0 Å². The molecule has 30 heavy (non-hydrogen) atoms. The minimum absolute atomic E-state index is 0.944. The summed E-state index contributed by atoms with van der Waals surface area (Å²) in [5, 5.41) is 0. The molecule has 0 bridgehead atoms. The van der Waals surface area contributed by atoms with Crippen LogP contribution in [0.3, 0.4) is 0 Å². The van der Waals surface area contributed by atoms with Gasteiger partial charge in [0.05, 0.1) is 0 Å². The summed E-state index contributed by atoms with van der Waals surface area (Å²) in [7, 11) is 1.81. The highest BCUT2D eigenvalue weighted by Crippen LogP contribution is 2.15. The van der Waals surface area contributed by atoms with Gasteiger partial charge in [0, 0.05) is 13.7 Å². The maximum Gasteiger partial charge on any atom is 0.0462 e. The first kappa shape index (κ1) is 30.0. The third kappa shape index (κ3) is 28.0. The molecule has 1 nitrogen and oxygen atoms in total. The molecule has 0 saturated heterocycles. The molecule has 182 valence electrons. The van der Waals surface area contributed by atoms with E-state index in [1.807, 2.05) is 0 Å². The Labute approximate surface area is 192 Å². The van der Waals surface area contributed by atoms with E-state index >= 15 is 0 Å². The lowest BCUT2D eigenvalue weighted by atomic mass is 10.0. The van der Waals surface area contributed by atoms with Gasteiger partial charge in [-0.1, -0.05) is 167 Å². The fourth-order valence-electron chi connectivity index (χ4n) is 4.56. The lowest BCUT2D eigenvalue weighted by Crippen LogP contribution is -1.88. The van der Waals surface area contributed by atoms with Crippen molar-refractivity contribution in [3.8, 4) is 0 Å². The Morgan fingerprint density at radius 3 is 0.700 bits per heavy atom. The highest BCUT2D eigenvalue weighted by atomic mass is 16.5. The van der Waals surface area contributed by atoms with Crippen molar-refractivity contribution in [2.45, 2.75) is 174 Å². The van der Waals surface area contributed by atoms with Gasteiger partial charge in [0.2, 0.25) is 0 Å². The van der Waals surface area contributed by atoms with Crippen LogP contribution in [0.1, 0.15) is 174 Å². The number of methoxy groups -OCH3 is 1. The molecule has 0 N–H and O–H groups in total. The van der Waals surface area contributed by atoms with Crippen LogP contribution in [0, 0.1) is 0 Å². The molecule has 0 aliphatic heterocycles. The van der Waals surface area contributed by atoms with Gasteiger partial charge in [-0.3, -0.25) is 0 Å². The van der Waals surface area contributed by atoms with Gasteiger partial charge in [0.1, 0.15) is 0 Å². The maximum atomic E-state index is 5.10. The molecule has 0 unspecified atom stereocenters. The summed E-state index contributed by atoms with van der Waals surface area (Å²) in [5.41, 5.74) is 0.